The number of nitrogens with one attached hydrogen (secondary N) is 1. The van der Waals surface area contributed by atoms with Crippen LogP contribution < -0.4 is 0 Å². The molecule has 1 aliphatic heterocycles. The van der Waals surface area contributed by atoms with Crippen molar-refractivity contribution in [3.63, 3.8) is 0 Å². The van der Waals surface area contributed by atoms with Gasteiger partial charge in [0.05, 0.1) is 5.52 Å². The van der Waals surface area contributed by atoms with E-state index >= 15 is 0 Å². The van der Waals surface area contributed by atoms with Crippen LogP contribution in [0.2, 0.25) is 0 Å². The van der Waals surface area contributed by atoms with Crippen LogP contribution in [0.3, 0.4) is 0 Å². The van der Waals surface area contributed by atoms with Crippen LogP contribution in [-0.2, 0) is 5.41 Å². The molecular formula is C22H17N3. The molecule has 0 saturated carbocycles. The van der Waals surface area contributed by atoms with Gasteiger partial charge in [-0.25, -0.2) is 4.98 Å². The fourth-order valence-corrected chi connectivity index (χ4v) is 4.68. The molecule has 0 unspecified atom stereocenters. The summed E-state index contributed by atoms with van der Waals surface area (Å²) in [6.07, 6.45) is 1.88. The first kappa shape index (κ1) is 13.2. The largest absolute Gasteiger partial charge is 0.341 e. The topological polar surface area (TPSA) is 33.6 Å². The molecule has 0 aliphatic carbocycles. The minimum atomic E-state index is -0.0706. The molecule has 3 nitrogen and oxygen atoms in total. The lowest BCUT2D eigenvalue weighted by atomic mass is 9.75. The number of H-pyrrole nitrogens is 1. The van der Waals surface area contributed by atoms with Gasteiger partial charge in [0.25, 0.3) is 0 Å². The molecule has 4 heterocycles. The zero-order valence-electron chi connectivity index (χ0n) is 14.2. The second-order valence-corrected chi connectivity index (χ2v) is 7.43. The van der Waals surface area contributed by atoms with Gasteiger partial charge < -0.3 is 4.98 Å². The summed E-state index contributed by atoms with van der Waals surface area (Å²) in [6, 6.07) is 19.4. The fraction of sp³-hybridized carbons (Fsp3) is 0.136. The van der Waals surface area contributed by atoms with E-state index in [4.69, 9.17) is 4.98 Å². The quantitative estimate of drug-likeness (QED) is 0.412. The minimum absolute atomic E-state index is 0.0706. The Hall–Kier alpha value is -3.07. The number of hydrogen-bond donors (Lipinski definition) is 1. The lowest BCUT2D eigenvalue weighted by Crippen LogP contribution is -2.25. The standard InChI is InChI=1S/C22H17N3/c1-22(2)16-10-5-8-13-14-9-6-12-23-20(14)25(19(13)16)21-18(22)15-7-3-4-11-17(15)24-21/h3-12,24H,1-2H3. The highest BCUT2D eigenvalue weighted by Crippen LogP contribution is 2.49. The van der Waals surface area contributed by atoms with Crippen LogP contribution in [0.15, 0.2) is 60.8 Å². The molecule has 1 aliphatic rings. The Morgan fingerprint density at radius 3 is 2.60 bits per heavy atom. The van der Waals surface area contributed by atoms with E-state index in [0.717, 1.165) is 11.5 Å². The maximum absolute atomic E-state index is 4.72. The summed E-state index contributed by atoms with van der Waals surface area (Å²) >= 11 is 0. The highest BCUT2D eigenvalue weighted by molar-refractivity contribution is 6.11. The highest BCUT2D eigenvalue weighted by Gasteiger charge is 2.37. The molecule has 0 bridgehead atoms. The predicted molar refractivity (Wildman–Crippen MR) is 103 cm³/mol. The van der Waals surface area contributed by atoms with E-state index in [2.05, 4.69) is 71.9 Å². The molecule has 2 aromatic carbocycles. The number of nitrogens with zero attached hydrogens (tertiary/aromatic N) is 2. The first-order valence-electron chi connectivity index (χ1n) is 8.68. The monoisotopic (exact) mass is 323 g/mol. The summed E-state index contributed by atoms with van der Waals surface area (Å²) in [6.45, 7) is 4.66. The average Bonchev–Trinajstić information content (AvgIpc) is 3.17. The van der Waals surface area contributed by atoms with Crippen molar-refractivity contribution in [1.82, 2.24) is 14.5 Å². The number of aromatic nitrogens is 3. The zero-order valence-corrected chi connectivity index (χ0v) is 14.2. The predicted octanol–water partition coefficient (Wildman–Crippen LogP) is 5.30. The summed E-state index contributed by atoms with van der Waals surface area (Å²) in [5, 5.41) is 3.78. The van der Waals surface area contributed by atoms with E-state index < -0.39 is 0 Å². The third-order valence-corrected chi connectivity index (χ3v) is 5.76. The van der Waals surface area contributed by atoms with Crippen LogP contribution in [0.5, 0.6) is 0 Å². The zero-order chi connectivity index (χ0) is 16.8. The molecular weight excluding hydrogens is 306 g/mol. The molecule has 6 rings (SSSR count). The second-order valence-electron chi connectivity index (χ2n) is 7.43. The van der Waals surface area contributed by atoms with Crippen LogP contribution in [0.4, 0.5) is 0 Å². The maximum atomic E-state index is 4.72. The van der Waals surface area contributed by atoms with Crippen LogP contribution in [0.1, 0.15) is 25.0 Å². The van der Waals surface area contributed by atoms with E-state index in [-0.39, 0.29) is 5.41 Å². The van der Waals surface area contributed by atoms with Crippen LogP contribution in [0, 0.1) is 0 Å². The van der Waals surface area contributed by atoms with Crippen molar-refractivity contribution in [1.29, 1.82) is 0 Å². The fourth-order valence-electron chi connectivity index (χ4n) is 4.68. The van der Waals surface area contributed by atoms with E-state index in [1.165, 1.54) is 38.3 Å². The van der Waals surface area contributed by atoms with E-state index in [9.17, 15) is 0 Å². The van der Waals surface area contributed by atoms with Gasteiger partial charge in [-0.05, 0) is 23.8 Å². The van der Waals surface area contributed by atoms with Gasteiger partial charge in [0.1, 0.15) is 11.5 Å². The van der Waals surface area contributed by atoms with E-state index in [0.29, 0.717) is 0 Å². The van der Waals surface area contributed by atoms with Crippen molar-refractivity contribution >= 4 is 32.8 Å². The molecule has 5 aromatic rings. The summed E-state index contributed by atoms with van der Waals surface area (Å²) in [5.41, 5.74) is 6.12. The SMILES string of the molecule is CC1(C)c2c([nH]c3ccccc23)-n2c3ncccc3c3cccc1c32. The molecule has 0 amide bonds. The molecule has 0 atom stereocenters. The molecule has 120 valence electrons. The Morgan fingerprint density at radius 1 is 0.880 bits per heavy atom. The molecule has 0 fully saturated rings. The first-order chi connectivity index (χ1) is 12.2. The van der Waals surface area contributed by atoms with Crippen molar-refractivity contribution in [3.8, 4) is 5.82 Å². The van der Waals surface area contributed by atoms with Crippen molar-refractivity contribution in [2.75, 3.05) is 0 Å². The number of pyridine rings is 1. The lowest BCUT2D eigenvalue weighted by Gasteiger charge is -2.32. The number of rotatable bonds is 0. The lowest BCUT2D eigenvalue weighted by molar-refractivity contribution is 0.634. The molecule has 0 saturated heterocycles. The Balaban J connectivity index is 1.96. The Morgan fingerprint density at radius 2 is 1.68 bits per heavy atom. The van der Waals surface area contributed by atoms with Crippen molar-refractivity contribution < 1.29 is 0 Å². The van der Waals surface area contributed by atoms with Gasteiger partial charge >= 0.3 is 0 Å². The third kappa shape index (κ3) is 1.41. The Bertz CT molecular complexity index is 1320. The molecule has 0 spiro atoms. The molecule has 3 heteroatoms. The minimum Gasteiger partial charge on any atom is -0.341 e. The first-order valence-corrected chi connectivity index (χ1v) is 8.68. The van der Waals surface area contributed by atoms with Gasteiger partial charge in [-0.1, -0.05) is 50.2 Å². The van der Waals surface area contributed by atoms with Gasteiger partial charge in [0, 0.05) is 38.9 Å². The van der Waals surface area contributed by atoms with Crippen molar-refractivity contribution in [2.24, 2.45) is 0 Å². The van der Waals surface area contributed by atoms with E-state index in [1.54, 1.807) is 0 Å². The third-order valence-electron chi connectivity index (χ3n) is 5.76. The van der Waals surface area contributed by atoms with E-state index in [1.807, 2.05) is 12.3 Å². The van der Waals surface area contributed by atoms with Crippen molar-refractivity contribution in [2.45, 2.75) is 19.3 Å². The summed E-state index contributed by atoms with van der Waals surface area (Å²) < 4.78 is 2.32. The molecule has 25 heavy (non-hydrogen) atoms. The van der Waals surface area contributed by atoms with Gasteiger partial charge in [-0.15, -0.1) is 0 Å². The molecule has 3 aromatic heterocycles. The number of aromatic amines is 1. The number of hydrogen-bond acceptors (Lipinski definition) is 1. The second kappa shape index (κ2) is 4.12. The van der Waals surface area contributed by atoms with Crippen molar-refractivity contribution in [3.05, 3.63) is 71.9 Å². The van der Waals surface area contributed by atoms with Crippen LogP contribution in [0.25, 0.3) is 38.7 Å². The van der Waals surface area contributed by atoms with Gasteiger partial charge in [0.2, 0.25) is 0 Å². The average molecular weight is 323 g/mol. The molecule has 0 radical (unpaired) electrons. The van der Waals surface area contributed by atoms with Gasteiger partial charge in [-0.3, -0.25) is 4.57 Å². The smallest absolute Gasteiger partial charge is 0.146 e. The highest BCUT2D eigenvalue weighted by atomic mass is 15.1. The number of benzene rings is 2. The van der Waals surface area contributed by atoms with Gasteiger partial charge in [0.15, 0.2) is 0 Å². The number of para-hydroxylation sites is 2. The molecule has 1 N–H and O–H groups in total. The van der Waals surface area contributed by atoms with Crippen LogP contribution in [-0.4, -0.2) is 14.5 Å². The normalized spacial score (nSPS) is 15.1. The Kier molecular flexibility index (Phi) is 2.18. The summed E-state index contributed by atoms with van der Waals surface area (Å²) in [7, 11) is 0. The van der Waals surface area contributed by atoms with Crippen LogP contribution >= 0.6 is 0 Å². The summed E-state index contributed by atoms with van der Waals surface area (Å²) in [4.78, 5) is 8.40. The summed E-state index contributed by atoms with van der Waals surface area (Å²) in [5.74, 6) is 1.16. The van der Waals surface area contributed by atoms with Gasteiger partial charge in [-0.2, -0.15) is 0 Å². The maximum Gasteiger partial charge on any atom is 0.146 e. The Labute approximate surface area is 144 Å². The number of fused-ring (bicyclic) bond motifs is 7.